The lowest BCUT2D eigenvalue weighted by Crippen LogP contribution is -2.05. The van der Waals surface area contributed by atoms with Gasteiger partial charge in [0.05, 0.1) is 56.7 Å². The molecule has 0 aliphatic heterocycles. The Morgan fingerprint density at radius 3 is 2.21 bits per heavy atom. The second-order valence-corrected chi connectivity index (χ2v) is 11.7. The van der Waals surface area contributed by atoms with Gasteiger partial charge in [0.2, 0.25) is 11.7 Å². The fourth-order valence-electron chi connectivity index (χ4n) is 4.59. The molecule has 13 heteroatoms. The van der Waals surface area contributed by atoms with Crippen LogP contribution in [0.15, 0.2) is 65.7 Å². The second-order valence-electron chi connectivity index (χ2n) is 9.41. The quantitative estimate of drug-likeness (QED) is 0.200. The van der Waals surface area contributed by atoms with Crippen LogP contribution in [0, 0.1) is 6.92 Å². The van der Waals surface area contributed by atoms with Crippen molar-refractivity contribution in [3.63, 3.8) is 0 Å². The van der Waals surface area contributed by atoms with Crippen molar-refractivity contribution in [2.24, 2.45) is 0 Å². The minimum Gasteiger partial charge on any atom is -0.495 e. The number of nitrogens with one attached hydrogen (secondary N) is 2. The summed E-state index contributed by atoms with van der Waals surface area (Å²) in [6.07, 6.45) is 1.70. The van der Waals surface area contributed by atoms with E-state index in [-0.39, 0.29) is 10.6 Å². The molecule has 0 atom stereocenters. The van der Waals surface area contributed by atoms with E-state index < -0.39 is 9.84 Å². The smallest absolute Gasteiger partial charge is 0.245 e. The van der Waals surface area contributed by atoms with Gasteiger partial charge in [-0.1, -0.05) is 19.1 Å². The average molecular weight is 605 g/mol. The molecule has 0 radical (unpaired) electrons. The minimum atomic E-state index is -3.40. The Hall–Kier alpha value is -5.04. The molecule has 2 heterocycles. The molecule has 0 aliphatic carbocycles. The first-order chi connectivity index (χ1) is 20.7. The average Bonchev–Trinajstić information content (AvgIpc) is 3.35. The van der Waals surface area contributed by atoms with Crippen LogP contribution >= 0.6 is 0 Å². The fourth-order valence-corrected chi connectivity index (χ4v) is 5.49. The van der Waals surface area contributed by atoms with Crippen LogP contribution in [-0.4, -0.2) is 62.2 Å². The van der Waals surface area contributed by atoms with E-state index in [2.05, 4.69) is 15.6 Å². The van der Waals surface area contributed by atoms with E-state index in [1.807, 2.05) is 31.2 Å². The molecule has 0 saturated heterocycles. The van der Waals surface area contributed by atoms with Gasteiger partial charge in [-0.3, -0.25) is 0 Å². The van der Waals surface area contributed by atoms with Crippen LogP contribution in [0.3, 0.4) is 0 Å². The van der Waals surface area contributed by atoms with Crippen molar-refractivity contribution in [2.45, 2.75) is 18.7 Å². The zero-order valence-corrected chi connectivity index (χ0v) is 25.4. The third-order valence-electron chi connectivity index (χ3n) is 6.81. The molecule has 0 fully saturated rings. The molecule has 2 N–H and O–H groups in total. The molecule has 0 amide bonds. The maximum atomic E-state index is 12.5. The second kappa shape index (κ2) is 12.1. The molecule has 5 rings (SSSR count). The van der Waals surface area contributed by atoms with Crippen molar-refractivity contribution in [1.29, 1.82) is 0 Å². The first-order valence-electron chi connectivity index (χ1n) is 13.3. The molecule has 2 aromatic heterocycles. The molecule has 3 aromatic carbocycles. The maximum Gasteiger partial charge on any atom is 0.245 e. The lowest BCUT2D eigenvalue weighted by atomic mass is 10.2. The van der Waals surface area contributed by atoms with E-state index in [1.54, 1.807) is 69.3 Å². The van der Waals surface area contributed by atoms with Gasteiger partial charge in [-0.25, -0.2) is 22.9 Å². The molecule has 0 bridgehead atoms. The molecule has 5 aromatic rings. The number of anilines is 4. The van der Waals surface area contributed by atoms with Crippen molar-refractivity contribution in [3.05, 3.63) is 66.5 Å². The van der Waals surface area contributed by atoms with Crippen LogP contribution < -0.4 is 29.6 Å². The Morgan fingerprint density at radius 2 is 1.56 bits per heavy atom. The van der Waals surface area contributed by atoms with Crippen LogP contribution in [0.5, 0.6) is 23.0 Å². The first kappa shape index (κ1) is 29.5. The summed E-state index contributed by atoms with van der Waals surface area (Å²) in [4.78, 5) is 9.47. The van der Waals surface area contributed by atoms with Crippen LogP contribution in [0.1, 0.15) is 12.6 Å². The Balaban J connectivity index is 1.50. The number of ether oxygens (including phenoxy) is 4. The van der Waals surface area contributed by atoms with E-state index >= 15 is 0 Å². The van der Waals surface area contributed by atoms with E-state index in [0.29, 0.717) is 51.8 Å². The number of sulfone groups is 1. The zero-order valence-electron chi connectivity index (χ0n) is 24.6. The normalized spacial score (nSPS) is 11.3. The lowest BCUT2D eigenvalue weighted by Gasteiger charge is -2.15. The van der Waals surface area contributed by atoms with Gasteiger partial charge in [0, 0.05) is 29.1 Å². The van der Waals surface area contributed by atoms with Gasteiger partial charge < -0.3 is 29.6 Å². The van der Waals surface area contributed by atoms with Crippen LogP contribution in [-0.2, 0) is 9.84 Å². The van der Waals surface area contributed by atoms with Gasteiger partial charge in [0.25, 0.3) is 0 Å². The molecular weight excluding hydrogens is 572 g/mol. The largest absolute Gasteiger partial charge is 0.495 e. The summed E-state index contributed by atoms with van der Waals surface area (Å²) in [5.41, 5.74) is 4.15. The molecule has 0 aliphatic rings. The number of hydrogen-bond acceptors (Lipinski definition) is 11. The standard InChI is InChI=1S/C30H32N6O6S/c1-7-43(37,38)22-11-12-25(39-3)23(16-22)33-20-10-8-9-19(13-20)29-32-18(2)24-17-31-30(35-36(24)29)34-21-14-26(40-4)28(42-6)27(15-21)41-5/h8-17,33H,7H2,1-6H3,(H,34,35). The zero-order chi connectivity index (χ0) is 30.7. The minimum absolute atomic E-state index is 0.00117. The monoisotopic (exact) mass is 604 g/mol. The van der Waals surface area contributed by atoms with Gasteiger partial charge in [-0.2, -0.15) is 0 Å². The summed E-state index contributed by atoms with van der Waals surface area (Å²) < 4.78 is 48.5. The van der Waals surface area contributed by atoms with Crippen molar-refractivity contribution in [1.82, 2.24) is 19.6 Å². The number of imidazole rings is 1. The Morgan fingerprint density at radius 1 is 0.837 bits per heavy atom. The van der Waals surface area contributed by atoms with Gasteiger partial charge in [0.1, 0.15) is 11.3 Å². The summed E-state index contributed by atoms with van der Waals surface area (Å²) in [6.45, 7) is 3.50. The molecule has 0 saturated carbocycles. The van der Waals surface area contributed by atoms with Crippen molar-refractivity contribution < 1.29 is 27.4 Å². The number of benzene rings is 3. The van der Waals surface area contributed by atoms with E-state index in [9.17, 15) is 8.42 Å². The number of nitrogens with zero attached hydrogens (tertiary/aromatic N) is 4. The highest BCUT2D eigenvalue weighted by Gasteiger charge is 2.18. The summed E-state index contributed by atoms with van der Waals surface area (Å²) in [7, 11) is 2.78. The van der Waals surface area contributed by atoms with Crippen LogP contribution in [0.4, 0.5) is 23.0 Å². The highest BCUT2D eigenvalue weighted by molar-refractivity contribution is 7.91. The van der Waals surface area contributed by atoms with Gasteiger partial charge in [-0.05, 0) is 37.3 Å². The van der Waals surface area contributed by atoms with Crippen LogP contribution in [0.25, 0.3) is 16.9 Å². The van der Waals surface area contributed by atoms with Gasteiger partial charge in [-0.15, -0.1) is 5.10 Å². The summed E-state index contributed by atoms with van der Waals surface area (Å²) >= 11 is 0. The Bertz CT molecular complexity index is 1880. The van der Waals surface area contributed by atoms with Gasteiger partial charge in [0.15, 0.2) is 27.2 Å². The molecule has 224 valence electrons. The summed E-state index contributed by atoms with van der Waals surface area (Å²) in [5.74, 6) is 2.89. The molecule has 0 unspecified atom stereocenters. The predicted octanol–water partition coefficient (Wildman–Crippen LogP) is 5.41. The van der Waals surface area contributed by atoms with E-state index in [1.165, 1.54) is 7.11 Å². The Labute approximate surface area is 249 Å². The van der Waals surface area contributed by atoms with Crippen molar-refractivity contribution in [2.75, 3.05) is 44.8 Å². The number of aryl methyl sites for hydroxylation is 1. The molecule has 0 spiro atoms. The van der Waals surface area contributed by atoms with E-state index in [0.717, 1.165) is 16.8 Å². The Kier molecular flexibility index (Phi) is 8.26. The van der Waals surface area contributed by atoms with Crippen LogP contribution in [0.2, 0.25) is 0 Å². The number of fused-ring (bicyclic) bond motifs is 1. The third-order valence-corrected chi connectivity index (χ3v) is 8.54. The highest BCUT2D eigenvalue weighted by Crippen LogP contribution is 2.40. The molecular formula is C30H32N6O6S. The molecule has 43 heavy (non-hydrogen) atoms. The first-order valence-corrected chi connectivity index (χ1v) is 14.9. The third kappa shape index (κ3) is 5.84. The lowest BCUT2D eigenvalue weighted by molar-refractivity contribution is 0.324. The topological polar surface area (TPSA) is 138 Å². The SMILES string of the molecule is CCS(=O)(=O)c1ccc(OC)c(Nc2cccc(-c3nc(C)c4cnc(Nc5cc(OC)c(OC)c(OC)c5)nn34)c2)c1. The predicted molar refractivity (Wildman–Crippen MR) is 164 cm³/mol. The summed E-state index contributed by atoms with van der Waals surface area (Å²) in [5, 5.41) is 11.2. The van der Waals surface area contributed by atoms with Crippen molar-refractivity contribution >= 4 is 38.4 Å². The van der Waals surface area contributed by atoms with Crippen molar-refractivity contribution in [3.8, 4) is 34.4 Å². The van der Waals surface area contributed by atoms with Gasteiger partial charge >= 0.3 is 0 Å². The molecule has 12 nitrogen and oxygen atoms in total. The number of methoxy groups -OCH3 is 4. The number of rotatable bonds is 11. The number of hydrogen-bond donors (Lipinski definition) is 2. The highest BCUT2D eigenvalue weighted by atomic mass is 32.2. The maximum absolute atomic E-state index is 12.5. The van der Waals surface area contributed by atoms with E-state index in [4.69, 9.17) is 29.0 Å². The fraction of sp³-hybridized carbons (Fsp3) is 0.233. The summed E-state index contributed by atoms with van der Waals surface area (Å²) in [6, 6.07) is 15.9. The number of aromatic nitrogens is 4.